The minimum atomic E-state index is -4.85. The smallest absolute Gasteiger partial charge is 0.379 e. The molecule has 1 aromatic carbocycles. The van der Waals surface area contributed by atoms with Crippen LogP contribution < -0.4 is 10.2 Å². The summed E-state index contributed by atoms with van der Waals surface area (Å²) in [6, 6.07) is 6.00. The van der Waals surface area contributed by atoms with Crippen LogP contribution in [0.3, 0.4) is 0 Å². The highest BCUT2D eigenvalue weighted by atomic mass is 19.4. The molecule has 12 heteroatoms. The molecule has 5 rings (SSSR count). The minimum absolute atomic E-state index is 0.0813. The number of aryl methyl sites for hydroxylation is 1. The topological polar surface area (TPSA) is 88.4 Å². The molecular weight excluding hydrogens is 499 g/mol. The molecule has 1 N–H and O–H groups in total. The number of para-hydroxylation sites is 1. The van der Waals surface area contributed by atoms with Gasteiger partial charge in [0.05, 0.1) is 30.0 Å². The van der Waals surface area contributed by atoms with Crippen LogP contribution in [0.15, 0.2) is 30.5 Å². The van der Waals surface area contributed by atoms with Crippen molar-refractivity contribution in [2.75, 3.05) is 49.6 Å². The van der Waals surface area contributed by atoms with Crippen LogP contribution in [0.1, 0.15) is 49.8 Å². The molecule has 4 heterocycles. The van der Waals surface area contributed by atoms with Crippen LogP contribution in [0.4, 0.5) is 24.8 Å². The number of hydrogen-bond acceptors (Lipinski definition) is 7. The second-order valence-corrected chi connectivity index (χ2v) is 9.64. The number of alkyl halides is 3. The molecule has 2 aliphatic rings. The molecule has 0 saturated carbocycles. The van der Waals surface area contributed by atoms with Crippen LogP contribution >= 0.6 is 0 Å². The van der Waals surface area contributed by atoms with E-state index in [-0.39, 0.29) is 27.8 Å². The SMILES string of the molecule is CCCCCn1cc2c(C3C(=O)N(C(F)(F)F)c4ccccc43)nc(NCCCN3CCOCC3)nc2n1. The largest absolute Gasteiger partial charge is 0.491 e. The van der Waals surface area contributed by atoms with Crippen molar-refractivity contribution in [1.82, 2.24) is 24.6 Å². The third-order valence-electron chi connectivity index (χ3n) is 6.97. The number of amides is 1. The van der Waals surface area contributed by atoms with Gasteiger partial charge in [0.25, 0.3) is 0 Å². The fraction of sp³-hybridized carbons (Fsp3) is 0.538. The van der Waals surface area contributed by atoms with E-state index in [1.54, 1.807) is 23.0 Å². The molecule has 1 saturated heterocycles. The van der Waals surface area contributed by atoms with Crippen molar-refractivity contribution in [3.05, 3.63) is 41.7 Å². The molecule has 1 fully saturated rings. The van der Waals surface area contributed by atoms with Gasteiger partial charge in [-0.1, -0.05) is 38.0 Å². The standard InChI is InChI=1S/C26H32F3N7O2/c1-2-3-6-12-35-17-19-22(21-18-8-4-5-9-20(18)36(24(21)37)26(27,28)29)31-25(32-23(19)33-35)30-10-7-11-34-13-15-38-16-14-34/h4-5,8-9,17,21H,2-3,6-7,10-16H2,1H3,(H,30,32,33). The van der Waals surface area contributed by atoms with E-state index in [0.717, 1.165) is 58.5 Å². The van der Waals surface area contributed by atoms with Gasteiger partial charge in [-0.05, 0) is 31.0 Å². The van der Waals surface area contributed by atoms with Gasteiger partial charge < -0.3 is 10.1 Å². The van der Waals surface area contributed by atoms with Crippen molar-refractivity contribution in [1.29, 1.82) is 0 Å². The summed E-state index contributed by atoms with van der Waals surface area (Å²) >= 11 is 0. The lowest BCUT2D eigenvalue weighted by Crippen LogP contribution is -2.41. The highest BCUT2D eigenvalue weighted by Gasteiger charge is 2.52. The van der Waals surface area contributed by atoms with Crippen molar-refractivity contribution in [2.45, 2.75) is 51.4 Å². The molecule has 3 aromatic rings. The number of ether oxygens (including phenoxy) is 1. The monoisotopic (exact) mass is 531 g/mol. The first-order valence-corrected chi connectivity index (χ1v) is 13.2. The van der Waals surface area contributed by atoms with E-state index in [2.05, 4.69) is 32.2 Å². The van der Waals surface area contributed by atoms with Crippen LogP contribution in [0.5, 0.6) is 0 Å². The van der Waals surface area contributed by atoms with Crippen LogP contribution in [-0.2, 0) is 16.1 Å². The van der Waals surface area contributed by atoms with Crippen LogP contribution in [0, 0.1) is 0 Å². The number of nitrogens with zero attached hydrogens (tertiary/aromatic N) is 6. The maximum atomic E-state index is 13.9. The fourth-order valence-corrected chi connectivity index (χ4v) is 5.08. The number of anilines is 2. The van der Waals surface area contributed by atoms with Crippen molar-refractivity contribution in [3.63, 3.8) is 0 Å². The Balaban J connectivity index is 1.47. The number of rotatable bonds is 10. The lowest BCUT2D eigenvalue weighted by molar-refractivity contribution is -0.148. The number of halogens is 3. The Morgan fingerprint density at radius 2 is 1.87 bits per heavy atom. The molecule has 0 aliphatic carbocycles. The van der Waals surface area contributed by atoms with Gasteiger partial charge in [-0.3, -0.25) is 14.4 Å². The molecule has 0 bridgehead atoms. The molecule has 2 aliphatic heterocycles. The number of morpholine rings is 1. The summed E-state index contributed by atoms with van der Waals surface area (Å²) in [4.78, 5) is 24.7. The third kappa shape index (κ3) is 5.46. The average Bonchev–Trinajstić information content (AvgIpc) is 3.44. The molecule has 38 heavy (non-hydrogen) atoms. The second kappa shape index (κ2) is 11.2. The van der Waals surface area contributed by atoms with Gasteiger partial charge in [-0.2, -0.15) is 10.1 Å². The summed E-state index contributed by atoms with van der Waals surface area (Å²) in [7, 11) is 0. The Labute approximate surface area is 219 Å². The summed E-state index contributed by atoms with van der Waals surface area (Å²) in [5.41, 5.74) is 0.693. The molecule has 0 spiro atoms. The van der Waals surface area contributed by atoms with Gasteiger partial charge in [-0.15, -0.1) is 13.2 Å². The quantitative estimate of drug-likeness (QED) is 0.311. The van der Waals surface area contributed by atoms with Gasteiger partial charge in [0.2, 0.25) is 11.9 Å². The Bertz CT molecular complexity index is 1270. The molecule has 0 radical (unpaired) electrons. The Hall–Kier alpha value is -3.25. The number of hydrogen-bond donors (Lipinski definition) is 1. The highest BCUT2D eigenvalue weighted by Crippen LogP contribution is 2.46. The van der Waals surface area contributed by atoms with E-state index in [9.17, 15) is 18.0 Å². The third-order valence-corrected chi connectivity index (χ3v) is 6.97. The Morgan fingerprint density at radius 1 is 1.08 bits per heavy atom. The zero-order valence-electron chi connectivity index (χ0n) is 21.4. The van der Waals surface area contributed by atoms with E-state index >= 15 is 0 Å². The first-order chi connectivity index (χ1) is 18.4. The molecular formula is C26H32F3N7O2. The molecule has 1 atom stereocenters. The van der Waals surface area contributed by atoms with Crippen molar-refractivity contribution >= 4 is 28.6 Å². The molecule has 9 nitrogen and oxygen atoms in total. The number of benzene rings is 1. The normalized spacial score (nSPS) is 18.4. The van der Waals surface area contributed by atoms with Gasteiger partial charge >= 0.3 is 6.30 Å². The van der Waals surface area contributed by atoms with Crippen molar-refractivity contribution < 1.29 is 22.7 Å². The second-order valence-electron chi connectivity index (χ2n) is 9.64. The summed E-state index contributed by atoms with van der Waals surface area (Å²) in [6.45, 7) is 7.44. The molecule has 204 valence electrons. The summed E-state index contributed by atoms with van der Waals surface area (Å²) in [5.74, 6) is -2.03. The number of carbonyl (C=O) groups is 1. The predicted molar refractivity (Wildman–Crippen MR) is 137 cm³/mol. The van der Waals surface area contributed by atoms with Gasteiger partial charge in [0.15, 0.2) is 5.65 Å². The average molecular weight is 532 g/mol. The number of unbranched alkanes of at least 4 members (excludes halogenated alkanes) is 2. The highest BCUT2D eigenvalue weighted by molar-refractivity contribution is 6.08. The number of nitrogens with one attached hydrogen (secondary N) is 1. The summed E-state index contributed by atoms with van der Waals surface area (Å²) in [5, 5.41) is 8.27. The van der Waals surface area contributed by atoms with Crippen molar-refractivity contribution in [2.24, 2.45) is 0 Å². The van der Waals surface area contributed by atoms with E-state index in [0.29, 0.717) is 24.1 Å². The number of aromatic nitrogens is 4. The van der Waals surface area contributed by atoms with E-state index in [1.165, 1.54) is 12.1 Å². The van der Waals surface area contributed by atoms with E-state index in [4.69, 9.17) is 4.74 Å². The van der Waals surface area contributed by atoms with E-state index in [1.807, 2.05) is 0 Å². The van der Waals surface area contributed by atoms with Gasteiger partial charge in [-0.25, -0.2) is 9.88 Å². The summed E-state index contributed by atoms with van der Waals surface area (Å²) < 4.78 is 48.9. The van der Waals surface area contributed by atoms with Crippen molar-refractivity contribution in [3.8, 4) is 0 Å². The Morgan fingerprint density at radius 3 is 2.63 bits per heavy atom. The maximum Gasteiger partial charge on any atom is 0.491 e. The van der Waals surface area contributed by atoms with Gasteiger partial charge in [0, 0.05) is 32.4 Å². The maximum absolute atomic E-state index is 13.9. The molecule has 1 amide bonds. The number of carbonyl (C=O) groups excluding carboxylic acids is 1. The predicted octanol–water partition coefficient (Wildman–Crippen LogP) is 4.15. The first kappa shape index (κ1) is 26.4. The van der Waals surface area contributed by atoms with Gasteiger partial charge in [0.1, 0.15) is 5.92 Å². The molecule has 1 unspecified atom stereocenters. The van der Waals surface area contributed by atoms with Crippen LogP contribution in [0.25, 0.3) is 11.0 Å². The van der Waals surface area contributed by atoms with Crippen LogP contribution in [-0.4, -0.2) is 76.2 Å². The Kier molecular flexibility index (Phi) is 7.80. The first-order valence-electron chi connectivity index (χ1n) is 13.2. The molecule has 2 aromatic heterocycles. The summed E-state index contributed by atoms with van der Waals surface area (Å²) in [6.07, 6.45) is 0.709. The zero-order valence-corrected chi connectivity index (χ0v) is 21.4. The number of fused-ring (bicyclic) bond motifs is 2. The lowest BCUT2D eigenvalue weighted by atomic mass is 9.95. The fourth-order valence-electron chi connectivity index (χ4n) is 5.08. The van der Waals surface area contributed by atoms with Crippen LogP contribution in [0.2, 0.25) is 0 Å². The minimum Gasteiger partial charge on any atom is -0.379 e. The van der Waals surface area contributed by atoms with E-state index < -0.39 is 18.1 Å². The zero-order chi connectivity index (χ0) is 26.7. The lowest BCUT2D eigenvalue weighted by Gasteiger charge is -2.26.